The smallest absolute Gasteiger partial charge is 0.0403 e. The Kier molecular flexibility index (Phi) is 7.58. The molecule has 0 saturated carbocycles. The van der Waals surface area contributed by atoms with E-state index in [1.54, 1.807) is 0 Å². The molecule has 1 heteroatoms. The molecule has 3 aromatic rings. The summed E-state index contributed by atoms with van der Waals surface area (Å²) in [5, 5.41) is 0. The van der Waals surface area contributed by atoms with E-state index in [0.717, 1.165) is 12.8 Å². The third kappa shape index (κ3) is 5.85. The number of rotatable bonds is 8. The first-order chi connectivity index (χ1) is 14.3. The second-order valence-corrected chi connectivity index (χ2v) is 11.0. The largest absolute Gasteiger partial charge is 0.0838 e. The Morgan fingerprint density at radius 3 is 1.63 bits per heavy atom. The molecule has 0 bridgehead atoms. The Hall–Kier alpha value is -1.86. The number of alkyl halides is 1. The summed E-state index contributed by atoms with van der Waals surface area (Å²) in [4.78, 5) is 0.341. The predicted molar refractivity (Wildman–Crippen MR) is 134 cm³/mol. The first-order valence-corrected chi connectivity index (χ1v) is 12.0. The zero-order valence-electron chi connectivity index (χ0n) is 18.8. The Labute approximate surface area is 191 Å². The van der Waals surface area contributed by atoms with E-state index in [1.165, 1.54) is 23.1 Å². The Morgan fingerprint density at radius 2 is 1.13 bits per heavy atom. The first-order valence-electron chi connectivity index (χ1n) is 11.1. The van der Waals surface area contributed by atoms with E-state index in [-0.39, 0.29) is 10.8 Å². The summed E-state index contributed by atoms with van der Waals surface area (Å²) in [7, 11) is 0. The maximum Gasteiger partial charge on any atom is 0.0403 e. The van der Waals surface area contributed by atoms with Gasteiger partial charge in [-0.2, -0.15) is 0 Å². The molecule has 0 amide bonds. The van der Waals surface area contributed by atoms with Crippen LogP contribution in [-0.2, 0) is 5.41 Å². The van der Waals surface area contributed by atoms with E-state index in [0.29, 0.717) is 10.7 Å². The van der Waals surface area contributed by atoms with Crippen molar-refractivity contribution in [1.29, 1.82) is 0 Å². The van der Waals surface area contributed by atoms with E-state index in [2.05, 4.69) is 135 Å². The maximum absolute atomic E-state index is 4.01. The number of hydrogen-bond acceptors (Lipinski definition) is 0. The van der Waals surface area contributed by atoms with Gasteiger partial charge in [0.1, 0.15) is 0 Å². The lowest BCUT2D eigenvalue weighted by molar-refractivity contribution is 0.269. The lowest BCUT2D eigenvalue weighted by atomic mass is 9.68. The van der Waals surface area contributed by atoms with Crippen LogP contribution in [0.5, 0.6) is 0 Å². The van der Waals surface area contributed by atoms with Gasteiger partial charge < -0.3 is 0 Å². The number of hydrogen-bond donors (Lipinski definition) is 0. The van der Waals surface area contributed by atoms with Crippen LogP contribution in [0.2, 0.25) is 0 Å². The summed E-state index contributed by atoms with van der Waals surface area (Å²) in [6, 6.07) is 33.0. The number of halogens is 1. The minimum Gasteiger partial charge on any atom is -0.0838 e. The lowest BCUT2D eigenvalue weighted by Crippen LogP contribution is -2.27. The van der Waals surface area contributed by atoms with Crippen molar-refractivity contribution in [2.75, 3.05) is 0 Å². The van der Waals surface area contributed by atoms with Gasteiger partial charge in [0.05, 0.1) is 0 Å². The van der Waals surface area contributed by atoms with Crippen LogP contribution in [0.25, 0.3) is 0 Å². The molecule has 3 aromatic carbocycles. The van der Waals surface area contributed by atoms with Gasteiger partial charge in [0.25, 0.3) is 0 Å². The monoisotopic (exact) mass is 462 g/mol. The van der Waals surface area contributed by atoms with E-state index < -0.39 is 0 Å². The fourth-order valence-corrected chi connectivity index (χ4v) is 5.65. The average Bonchev–Trinajstić information content (AvgIpc) is 2.75. The molecule has 0 nitrogen and oxygen atoms in total. The predicted octanol–water partition coefficient (Wildman–Crippen LogP) is 9.08. The summed E-state index contributed by atoms with van der Waals surface area (Å²) in [5.41, 5.74) is 4.58. The van der Waals surface area contributed by atoms with Gasteiger partial charge in [0, 0.05) is 4.83 Å². The van der Waals surface area contributed by atoms with E-state index in [4.69, 9.17) is 0 Å². The Bertz CT molecular complexity index is 880. The van der Waals surface area contributed by atoms with Crippen LogP contribution in [0.15, 0.2) is 91.0 Å². The maximum atomic E-state index is 4.01. The highest BCUT2D eigenvalue weighted by Crippen LogP contribution is 2.46. The van der Waals surface area contributed by atoms with Crippen molar-refractivity contribution in [3.63, 3.8) is 0 Å². The van der Waals surface area contributed by atoms with Gasteiger partial charge >= 0.3 is 0 Å². The third-order valence-electron chi connectivity index (χ3n) is 6.49. The van der Waals surface area contributed by atoms with Crippen LogP contribution in [0.3, 0.4) is 0 Å². The standard InChI is InChI=1S/C29H35Br/c1-28(2,3)26(23-14-8-5-9-15-23)20-21-29(4,25-18-12-7-13-19-25)22-27(30)24-16-10-6-11-17-24/h5-19,26-27H,20-22H2,1-4H3. The van der Waals surface area contributed by atoms with Crippen molar-refractivity contribution in [2.45, 2.75) is 63.1 Å². The molecule has 0 radical (unpaired) electrons. The molecule has 0 aliphatic rings. The first kappa shape index (κ1) is 22.8. The highest BCUT2D eigenvalue weighted by atomic mass is 79.9. The quantitative estimate of drug-likeness (QED) is 0.292. The average molecular weight is 464 g/mol. The zero-order chi connectivity index (χ0) is 21.6. The van der Waals surface area contributed by atoms with E-state index in [9.17, 15) is 0 Å². The summed E-state index contributed by atoms with van der Waals surface area (Å²) >= 11 is 4.01. The van der Waals surface area contributed by atoms with Crippen LogP contribution in [0, 0.1) is 5.41 Å². The van der Waals surface area contributed by atoms with Gasteiger partial charge in [-0.3, -0.25) is 0 Å². The SMILES string of the molecule is CC(CCC(c1ccccc1)C(C)(C)C)(CC(Br)c1ccccc1)c1ccccc1. The lowest BCUT2D eigenvalue weighted by Gasteiger charge is -2.37. The molecule has 30 heavy (non-hydrogen) atoms. The van der Waals surface area contributed by atoms with Crippen molar-refractivity contribution in [3.05, 3.63) is 108 Å². The summed E-state index contributed by atoms with van der Waals surface area (Å²) in [5.74, 6) is 0.534. The summed E-state index contributed by atoms with van der Waals surface area (Å²) < 4.78 is 0. The molecular weight excluding hydrogens is 428 g/mol. The van der Waals surface area contributed by atoms with Crippen LogP contribution in [0.4, 0.5) is 0 Å². The molecule has 158 valence electrons. The van der Waals surface area contributed by atoms with Crippen molar-refractivity contribution < 1.29 is 0 Å². The second-order valence-electron chi connectivity index (χ2n) is 9.88. The minimum atomic E-state index is 0.101. The van der Waals surface area contributed by atoms with Crippen molar-refractivity contribution in [3.8, 4) is 0 Å². The topological polar surface area (TPSA) is 0 Å². The molecule has 3 unspecified atom stereocenters. The Balaban J connectivity index is 1.87. The van der Waals surface area contributed by atoms with Gasteiger partial charge in [-0.15, -0.1) is 0 Å². The van der Waals surface area contributed by atoms with Gasteiger partial charge in [-0.25, -0.2) is 0 Å². The van der Waals surface area contributed by atoms with Gasteiger partial charge in [-0.1, -0.05) is 135 Å². The number of benzene rings is 3. The van der Waals surface area contributed by atoms with Crippen molar-refractivity contribution in [2.24, 2.45) is 5.41 Å². The van der Waals surface area contributed by atoms with Gasteiger partial charge in [0.2, 0.25) is 0 Å². The van der Waals surface area contributed by atoms with Gasteiger partial charge in [0.15, 0.2) is 0 Å². The second kappa shape index (κ2) is 9.96. The summed E-state index contributed by atoms with van der Waals surface area (Å²) in [6.45, 7) is 9.58. The van der Waals surface area contributed by atoms with E-state index >= 15 is 0 Å². The normalized spacial score (nSPS) is 15.9. The molecule has 0 N–H and O–H groups in total. The highest BCUT2D eigenvalue weighted by Gasteiger charge is 2.33. The third-order valence-corrected chi connectivity index (χ3v) is 7.35. The fourth-order valence-electron chi connectivity index (χ4n) is 4.63. The van der Waals surface area contributed by atoms with Crippen LogP contribution >= 0.6 is 15.9 Å². The van der Waals surface area contributed by atoms with Crippen LogP contribution < -0.4 is 0 Å². The Morgan fingerprint density at radius 1 is 0.667 bits per heavy atom. The van der Waals surface area contributed by atoms with Crippen LogP contribution in [0.1, 0.15) is 74.4 Å². The minimum absolute atomic E-state index is 0.101. The van der Waals surface area contributed by atoms with Crippen molar-refractivity contribution in [1.82, 2.24) is 0 Å². The zero-order valence-corrected chi connectivity index (χ0v) is 20.4. The molecule has 0 spiro atoms. The summed E-state index contributed by atoms with van der Waals surface area (Å²) in [6.07, 6.45) is 3.41. The molecule has 0 heterocycles. The fraction of sp³-hybridized carbons (Fsp3) is 0.379. The van der Waals surface area contributed by atoms with Crippen LogP contribution in [-0.4, -0.2) is 0 Å². The van der Waals surface area contributed by atoms with Gasteiger partial charge in [-0.05, 0) is 52.7 Å². The molecule has 0 aliphatic carbocycles. The molecule has 0 fully saturated rings. The van der Waals surface area contributed by atoms with E-state index in [1.807, 2.05) is 0 Å². The van der Waals surface area contributed by atoms with Crippen molar-refractivity contribution >= 4 is 15.9 Å². The molecular formula is C29H35Br. The highest BCUT2D eigenvalue weighted by molar-refractivity contribution is 9.09. The molecule has 0 saturated heterocycles. The molecule has 0 aromatic heterocycles. The molecule has 3 rings (SSSR count). The molecule has 3 atom stereocenters. The molecule has 0 aliphatic heterocycles.